The largest absolute Gasteiger partial charge is 0.481 e. The first kappa shape index (κ1) is 19.4. The first-order valence-electron chi connectivity index (χ1n) is 7.54. The molecule has 0 saturated heterocycles. The van der Waals surface area contributed by atoms with Gasteiger partial charge in [-0.05, 0) is 12.8 Å². The van der Waals surface area contributed by atoms with Gasteiger partial charge in [0.05, 0.1) is 18.8 Å². The third kappa shape index (κ3) is 9.87. The van der Waals surface area contributed by atoms with Crippen LogP contribution in [0.15, 0.2) is 0 Å². The average molecular weight is 302 g/mol. The minimum absolute atomic E-state index is 0.248. The van der Waals surface area contributed by atoms with Crippen molar-refractivity contribution < 1.29 is 29.3 Å². The number of rotatable bonds is 12. The van der Waals surface area contributed by atoms with E-state index in [1.165, 1.54) is 0 Å². The molecule has 0 aromatic carbocycles. The van der Waals surface area contributed by atoms with E-state index in [9.17, 15) is 14.4 Å². The van der Waals surface area contributed by atoms with E-state index in [0.29, 0.717) is 0 Å². The lowest BCUT2D eigenvalue weighted by Gasteiger charge is -2.20. The van der Waals surface area contributed by atoms with E-state index in [2.05, 4.69) is 0 Å². The van der Waals surface area contributed by atoms with Crippen LogP contribution in [0.4, 0.5) is 0 Å². The van der Waals surface area contributed by atoms with Gasteiger partial charge in [-0.15, -0.1) is 0 Å². The summed E-state index contributed by atoms with van der Waals surface area (Å²) < 4.78 is 5.35. The summed E-state index contributed by atoms with van der Waals surface area (Å²) in [5.74, 6) is -4.23. The van der Waals surface area contributed by atoms with Crippen LogP contribution in [0.5, 0.6) is 0 Å². The van der Waals surface area contributed by atoms with Crippen molar-refractivity contribution in [3.8, 4) is 0 Å². The topological polar surface area (TPSA) is 101 Å². The second kappa shape index (κ2) is 11.1. The lowest BCUT2D eigenvalue weighted by Crippen LogP contribution is -2.28. The molecule has 0 spiro atoms. The molecule has 0 fully saturated rings. The Hall–Kier alpha value is -1.59. The third-order valence-corrected chi connectivity index (χ3v) is 3.22. The van der Waals surface area contributed by atoms with Crippen molar-refractivity contribution in [1.29, 1.82) is 0 Å². The van der Waals surface area contributed by atoms with Crippen LogP contribution in [0.1, 0.15) is 65.2 Å². The first-order valence-corrected chi connectivity index (χ1v) is 7.54. The second-order valence-corrected chi connectivity index (χ2v) is 5.24. The van der Waals surface area contributed by atoms with Gasteiger partial charge in [0.25, 0.3) is 0 Å². The van der Waals surface area contributed by atoms with Gasteiger partial charge >= 0.3 is 17.9 Å². The zero-order valence-electron chi connectivity index (χ0n) is 12.8. The van der Waals surface area contributed by atoms with Gasteiger partial charge in [0.1, 0.15) is 6.10 Å². The minimum atomic E-state index is -1.20. The molecule has 0 heterocycles. The van der Waals surface area contributed by atoms with Crippen LogP contribution in [0, 0.1) is 5.92 Å². The lowest BCUT2D eigenvalue weighted by molar-refractivity contribution is -0.161. The molecule has 2 N–H and O–H groups in total. The molecule has 21 heavy (non-hydrogen) atoms. The molecule has 0 aromatic rings. The molecule has 0 aliphatic heterocycles. The molecule has 0 aromatic heterocycles. The highest BCUT2D eigenvalue weighted by Crippen LogP contribution is 2.18. The fourth-order valence-corrected chi connectivity index (χ4v) is 2.05. The van der Waals surface area contributed by atoms with E-state index in [-0.39, 0.29) is 6.10 Å². The van der Waals surface area contributed by atoms with Crippen molar-refractivity contribution >= 4 is 17.9 Å². The predicted octanol–water partition coefficient (Wildman–Crippen LogP) is 2.84. The highest BCUT2D eigenvalue weighted by molar-refractivity contribution is 5.83. The summed E-state index contributed by atoms with van der Waals surface area (Å²) in [6.07, 6.45) is 3.99. The van der Waals surface area contributed by atoms with Crippen LogP contribution in [-0.4, -0.2) is 34.2 Å². The van der Waals surface area contributed by atoms with E-state index in [1.54, 1.807) is 0 Å². The Labute approximate surface area is 125 Å². The molecule has 0 atom stereocenters. The van der Waals surface area contributed by atoms with Crippen molar-refractivity contribution in [2.24, 2.45) is 5.92 Å². The van der Waals surface area contributed by atoms with Crippen LogP contribution in [0.25, 0.3) is 0 Å². The van der Waals surface area contributed by atoms with Gasteiger partial charge in [0.15, 0.2) is 0 Å². The third-order valence-electron chi connectivity index (χ3n) is 3.22. The summed E-state index contributed by atoms with van der Waals surface area (Å²) >= 11 is 0. The molecule has 0 aliphatic carbocycles. The highest BCUT2D eigenvalue weighted by atomic mass is 16.5. The Morgan fingerprint density at radius 2 is 1.33 bits per heavy atom. The van der Waals surface area contributed by atoms with E-state index in [1.807, 2.05) is 13.8 Å². The maximum Gasteiger partial charge on any atom is 0.310 e. The van der Waals surface area contributed by atoms with Crippen molar-refractivity contribution in [2.75, 3.05) is 0 Å². The lowest BCUT2D eigenvalue weighted by atomic mass is 10.0. The minimum Gasteiger partial charge on any atom is -0.481 e. The standard InChI is InChI=1S/C15H26O6/c1-3-5-7-12(8-6-4-2)21-15(20)11(9-13(16)17)10-14(18)19/h11-12H,3-10H2,1-2H3,(H,16,17)(H,18,19). The monoisotopic (exact) mass is 302 g/mol. The Morgan fingerprint density at radius 3 is 1.67 bits per heavy atom. The molecule has 0 radical (unpaired) electrons. The first-order chi connectivity index (χ1) is 9.90. The molecule has 6 nitrogen and oxygen atoms in total. The summed E-state index contributed by atoms with van der Waals surface area (Å²) in [5.41, 5.74) is 0. The Kier molecular flexibility index (Phi) is 10.3. The molecular weight excluding hydrogens is 276 g/mol. The summed E-state index contributed by atoms with van der Waals surface area (Å²) in [4.78, 5) is 33.5. The zero-order chi connectivity index (χ0) is 16.3. The summed E-state index contributed by atoms with van der Waals surface area (Å²) in [6, 6.07) is 0. The SMILES string of the molecule is CCCCC(CCCC)OC(=O)C(CC(=O)O)CC(=O)O. The van der Waals surface area contributed by atoms with Crippen molar-refractivity contribution in [2.45, 2.75) is 71.3 Å². The maximum absolute atomic E-state index is 12.0. The predicted molar refractivity (Wildman–Crippen MR) is 76.9 cm³/mol. The quantitative estimate of drug-likeness (QED) is 0.538. The summed E-state index contributed by atoms with van der Waals surface area (Å²) in [7, 11) is 0. The molecule has 6 heteroatoms. The number of carboxylic acids is 2. The molecule has 0 unspecified atom stereocenters. The van der Waals surface area contributed by atoms with Gasteiger partial charge in [0, 0.05) is 0 Å². The van der Waals surface area contributed by atoms with E-state index < -0.39 is 36.7 Å². The fraction of sp³-hybridized carbons (Fsp3) is 0.800. The van der Waals surface area contributed by atoms with Crippen molar-refractivity contribution in [3.63, 3.8) is 0 Å². The van der Waals surface area contributed by atoms with Gasteiger partial charge in [-0.3, -0.25) is 14.4 Å². The molecule has 0 rings (SSSR count). The van der Waals surface area contributed by atoms with Crippen LogP contribution in [0.3, 0.4) is 0 Å². The highest BCUT2D eigenvalue weighted by Gasteiger charge is 2.28. The number of carbonyl (C=O) groups is 3. The van der Waals surface area contributed by atoms with E-state index in [4.69, 9.17) is 14.9 Å². The van der Waals surface area contributed by atoms with Crippen LogP contribution in [0.2, 0.25) is 0 Å². The second-order valence-electron chi connectivity index (χ2n) is 5.24. The average Bonchev–Trinajstić information content (AvgIpc) is 2.39. The Morgan fingerprint density at radius 1 is 0.905 bits per heavy atom. The number of hydrogen-bond donors (Lipinski definition) is 2. The van der Waals surface area contributed by atoms with Gasteiger partial charge in [-0.1, -0.05) is 39.5 Å². The number of hydrogen-bond acceptors (Lipinski definition) is 4. The molecule has 0 bridgehead atoms. The van der Waals surface area contributed by atoms with Crippen molar-refractivity contribution in [1.82, 2.24) is 0 Å². The summed E-state index contributed by atoms with van der Waals surface area (Å²) in [6.45, 7) is 4.08. The number of esters is 1. The molecule has 0 aliphatic rings. The molecule has 0 saturated carbocycles. The Balaban J connectivity index is 4.62. The number of aliphatic carboxylic acids is 2. The number of unbranched alkanes of at least 4 members (excludes halogenated alkanes) is 2. The Bertz CT molecular complexity index is 315. The van der Waals surface area contributed by atoms with Crippen molar-refractivity contribution in [3.05, 3.63) is 0 Å². The van der Waals surface area contributed by atoms with E-state index >= 15 is 0 Å². The molecule has 0 amide bonds. The van der Waals surface area contributed by atoms with E-state index in [0.717, 1.165) is 38.5 Å². The van der Waals surface area contributed by atoms with Crippen LogP contribution in [-0.2, 0) is 19.1 Å². The number of carbonyl (C=O) groups excluding carboxylic acids is 1. The molecular formula is C15H26O6. The maximum atomic E-state index is 12.0. The zero-order valence-corrected chi connectivity index (χ0v) is 12.8. The van der Waals surface area contributed by atoms with Gasteiger partial charge < -0.3 is 14.9 Å². The molecule has 122 valence electrons. The fourth-order valence-electron chi connectivity index (χ4n) is 2.05. The van der Waals surface area contributed by atoms with Gasteiger partial charge in [-0.25, -0.2) is 0 Å². The van der Waals surface area contributed by atoms with Crippen LogP contribution < -0.4 is 0 Å². The smallest absolute Gasteiger partial charge is 0.310 e. The number of ether oxygens (including phenoxy) is 1. The van der Waals surface area contributed by atoms with Gasteiger partial charge in [-0.2, -0.15) is 0 Å². The number of carboxylic acid groups (broad SMARTS) is 2. The summed E-state index contributed by atoms with van der Waals surface area (Å²) in [5, 5.41) is 17.5. The van der Waals surface area contributed by atoms with Gasteiger partial charge in [0.2, 0.25) is 0 Å². The van der Waals surface area contributed by atoms with Crippen LogP contribution >= 0.6 is 0 Å². The normalized spacial score (nSPS) is 10.9.